The second-order valence-corrected chi connectivity index (χ2v) is 9.55. The number of likely N-dealkylation sites (tertiary alicyclic amines) is 1. The summed E-state index contributed by atoms with van der Waals surface area (Å²) in [6, 6.07) is 12.2. The highest BCUT2D eigenvalue weighted by molar-refractivity contribution is 5.93. The zero-order chi connectivity index (χ0) is 25.5. The van der Waals surface area contributed by atoms with Crippen LogP contribution in [0, 0.1) is 0 Å². The zero-order valence-electron chi connectivity index (χ0n) is 19.3. The van der Waals surface area contributed by atoms with Crippen molar-refractivity contribution in [2.75, 3.05) is 6.54 Å². The number of hydrogen-bond acceptors (Lipinski definition) is 5. The van der Waals surface area contributed by atoms with Crippen LogP contribution in [-0.4, -0.2) is 61.3 Å². The van der Waals surface area contributed by atoms with Crippen molar-refractivity contribution in [3.8, 4) is 0 Å². The number of nitrogens with one attached hydrogen (secondary N) is 1. The number of aromatic nitrogens is 4. The minimum Gasteiger partial charge on any atom is -0.368 e. The van der Waals surface area contributed by atoms with Crippen LogP contribution < -0.4 is 5.73 Å². The molecular formula is C25H25F3N6O2. The molecule has 3 aromatic rings. The molecule has 8 nitrogen and oxygen atoms in total. The Morgan fingerprint density at radius 3 is 2.44 bits per heavy atom. The van der Waals surface area contributed by atoms with Crippen LogP contribution in [0.2, 0.25) is 0 Å². The average Bonchev–Trinajstić information content (AvgIpc) is 3.47. The highest BCUT2D eigenvalue weighted by atomic mass is 19.3. The SMILES string of the molecule is NC(=O)C1([C@H](c2ccccc2)c2ccc(C3CC(F)(F)C3)cn2)CC(F)CN1C(=O)Cc1cn[nH]n1. The van der Waals surface area contributed by atoms with E-state index in [1.165, 1.54) is 17.3 Å². The Balaban J connectivity index is 1.57. The Morgan fingerprint density at radius 1 is 1.11 bits per heavy atom. The smallest absolute Gasteiger partial charge is 0.249 e. The fourth-order valence-corrected chi connectivity index (χ4v) is 5.47. The highest BCUT2D eigenvalue weighted by Crippen LogP contribution is 2.49. The van der Waals surface area contributed by atoms with E-state index in [1.807, 2.05) is 0 Å². The molecule has 3 atom stereocenters. The van der Waals surface area contributed by atoms with Gasteiger partial charge in [-0.05, 0) is 23.1 Å². The number of carbonyl (C=O) groups excluding carboxylic acids is 2. The largest absolute Gasteiger partial charge is 0.368 e. The lowest BCUT2D eigenvalue weighted by molar-refractivity contribution is -0.144. The second-order valence-electron chi connectivity index (χ2n) is 9.55. The maximum atomic E-state index is 15.0. The first kappa shape index (κ1) is 24.0. The van der Waals surface area contributed by atoms with Gasteiger partial charge in [0.2, 0.25) is 17.7 Å². The Hall–Kier alpha value is -3.76. The number of aromatic amines is 1. The van der Waals surface area contributed by atoms with Crippen LogP contribution >= 0.6 is 0 Å². The van der Waals surface area contributed by atoms with Crippen LogP contribution in [0.5, 0.6) is 0 Å². The number of hydrogen-bond donors (Lipinski definition) is 2. The van der Waals surface area contributed by atoms with Crippen molar-refractivity contribution in [3.05, 3.63) is 77.4 Å². The molecule has 1 saturated heterocycles. The fourth-order valence-electron chi connectivity index (χ4n) is 5.47. The summed E-state index contributed by atoms with van der Waals surface area (Å²) in [6.07, 6.45) is 0.438. The van der Waals surface area contributed by atoms with Crippen molar-refractivity contribution in [1.29, 1.82) is 0 Å². The summed E-state index contributed by atoms with van der Waals surface area (Å²) in [5.74, 6) is -5.22. The average molecular weight is 499 g/mol. The molecule has 188 valence electrons. The van der Waals surface area contributed by atoms with Gasteiger partial charge in [0.1, 0.15) is 11.7 Å². The predicted octanol–water partition coefficient (Wildman–Crippen LogP) is 2.88. The van der Waals surface area contributed by atoms with E-state index in [2.05, 4.69) is 20.4 Å². The molecule has 3 N–H and O–H groups in total. The topological polar surface area (TPSA) is 118 Å². The minimum atomic E-state index is -2.67. The van der Waals surface area contributed by atoms with Gasteiger partial charge < -0.3 is 10.6 Å². The van der Waals surface area contributed by atoms with Gasteiger partial charge >= 0.3 is 0 Å². The molecule has 11 heteroatoms. The molecule has 36 heavy (non-hydrogen) atoms. The van der Waals surface area contributed by atoms with Crippen molar-refractivity contribution >= 4 is 11.8 Å². The molecule has 2 amide bonds. The molecule has 5 rings (SSSR count). The number of H-pyrrole nitrogens is 1. The molecule has 2 aromatic heterocycles. The van der Waals surface area contributed by atoms with Gasteiger partial charge in [0, 0.05) is 25.5 Å². The van der Waals surface area contributed by atoms with Crippen molar-refractivity contribution in [3.63, 3.8) is 0 Å². The third-order valence-electron chi connectivity index (χ3n) is 7.20. The minimum absolute atomic E-state index is 0.192. The molecular weight excluding hydrogens is 473 g/mol. The summed E-state index contributed by atoms with van der Waals surface area (Å²) in [6.45, 7) is -0.307. The van der Waals surface area contributed by atoms with E-state index in [4.69, 9.17) is 5.73 Å². The summed E-state index contributed by atoms with van der Waals surface area (Å²) in [5, 5.41) is 10.0. The van der Waals surface area contributed by atoms with Crippen molar-refractivity contribution < 1.29 is 22.8 Å². The van der Waals surface area contributed by atoms with Gasteiger partial charge in [-0.1, -0.05) is 36.4 Å². The molecule has 1 saturated carbocycles. The maximum absolute atomic E-state index is 15.0. The number of amides is 2. The van der Waals surface area contributed by atoms with Crippen LogP contribution in [0.1, 0.15) is 53.6 Å². The number of nitrogens with zero attached hydrogens (tertiary/aromatic N) is 4. The van der Waals surface area contributed by atoms with Crippen LogP contribution in [0.25, 0.3) is 0 Å². The van der Waals surface area contributed by atoms with E-state index in [-0.39, 0.29) is 38.1 Å². The van der Waals surface area contributed by atoms with Crippen LogP contribution in [0.3, 0.4) is 0 Å². The molecule has 1 aromatic carbocycles. The number of alkyl halides is 3. The van der Waals surface area contributed by atoms with Gasteiger partial charge in [-0.15, -0.1) is 0 Å². The van der Waals surface area contributed by atoms with Crippen molar-refractivity contribution in [2.24, 2.45) is 5.73 Å². The summed E-state index contributed by atoms with van der Waals surface area (Å²) >= 11 is 0. The number of benzene rings is 1. The predicted molar refractivity (Wildman–Crippen MR) is 123 cm³/mol. The lowest BCUT2D eigenvalue weighted by Gasteiger charge is -2.42. The molecule has 3 heterocycles. The third-order valence-corrected chi connectivity index (χ3v) is 7.20. The first-order valence-corrected chi connectivity index (χ1v) is 11.7. The van der Waals surface area contributed by atoms with Crippen molar-refractivity contribution in [1.82, 2.24) is 25.3 Å². The Morgan fingerprint density at radius 2 is 1.86 bits per heavy atom. The van der Waals surface area contributed by atoms with Crippen LogP contribution in [0.4, 0.5) is 13.2 Å². The van der Waals surface area contributed by atoms with Crippen molar-refractivity contribution in [2.45, 2.75) is 55.2 Å². The summed E-state index contributed by atoms with van der Waals surface area (Å²) in [7, 11) is 0. The van der Waals surface area contributed by atoms with E-state index in [9.17, 15) is 18.4 Å². The van der Waals surface area contributed by atoms with Gasteiger partial charge in [-0.25, -0.2) is 13.2 Å². The Kier molecular flexibility index (Phi) is 6.01. The summed E-state index contributed by atoms with van der Waals surface area (Å²) < 4.78 is 41.8. The summed E-state index contributed by atoms with van der Waals surface area (Å²) in [4.78, 5) is 32.3. The highest BCUT2D eigenvalue weighted by Gasteiger charge is 2.58. The van der Waals surface area contributed by atoms with Gasteiger partial charge in [0.05, 0.1) is 36.5 Å². The normalized spacial score (nSPS) is 24.3. The number of halogens is 3. The van der Waals surface area contributed by atoms with Gasteiger partial charge in [-0.2, -0.15) is 15.4 Å². The summed E-state index contributed by atoms with van der Waals surface area (Å²) in [5.41, 5.74) is 6.26. The fraction of sp³-hybridized carbons (Fsp3) is 0.400. The first-order chi connectivity index (χ1) is 17.2. The van der Waals surface area contributed by atoms with Gasteiger partial charge in [0.15, 0.2) is 0 Å². The molecule has 2 unspecified atom stereocenters. The zero-order valence-corrected chi connectivity index (χ0v) is 19.3. The molecule has 0 spiro atoms. The number of nitrogens with two attached hydrogens (primary N) is 1. The van der Waals surface area contributed by atoms with E-state index in [0.29, 0.717) is 22.5 Å². The maximum Gasteiger partial charge on any atom is 0.249 e. The quantitative estimate of drug-likeness (QED) is 0.520. The number of carbonyl (C=O) groups is 2. The first-order valence-electron chi connectivity index (χ1n) is 11.7. The molecule has 1 aliphatic heterocycles. The third kappa shape index (κ3) is 4.22. The standard InChI is InChI=1S/C25H25F3N6O2/c26-18-11-25(23(29)36,34(14-18)21(35)8-19-13-31-33-32-19)22(15-4-2-1-3-5-15)20-7-6-16(12-30-20)17-9-24(27,28)10-17/h1-7,12-13,17-18,22H,8-11,14H2,(H2,29,36)(H,31,32,33)/t18?,22-,25?/m1/s1. The lowest BCUT2D eigenvalue weighted by atomic mass is 9.73. The number of primary amides is 1. The lowest BCUT2D eigenvalue weighted by Crippen LogP contribution is -2.60. The van der Waals surface area contributed by atoms with E-state index in [1.54, 1.807) is 42.5 Å². The van der Waals surface area contributed by atoms with Crippen LogP contribution in [-0.2, 0) is 16.0 Å². The molecule has 2 fully saturated rings. The van der Waals surface area contributed by atoms with Gasteiger partial charge in [0.25, 0.3) is 0 Å². The van der Waals surface area contributed by atoms with Gasteiger partial charge in [-0.3, -0.25) is 14.6 Å². The molecule has 2 aliphatic rings. The molecule has 1 aliphatic carbocycles. The number of pyridine rings is 1. The monoisotopic (exact) mass is 498 g/mol. The Bertz CT molecular complexity index is 1230. The van der Waals surface area contributed by atoms with E-state index >= 15 is 4.39 Å². The Labute approximate surface area is 205 Å². The molecule has 0 radical (unpaired) electrons. The molecule has 0 bridgehead atoms. The van der Waals surface area contributed by atoms with Crippen LogP contribution in [0.15, 0.2) is 54.9 Å². The van der Waals surface area contributed by atoms with E-state index < -0.39 is 35.4 Å². The number of rotatable bonds is 7. The second kappa shape index (κ2) is 9.03. The van der Waals surface area contributed by atoms with E-state index in [0.717, 1.165) is 0 Å².